The lowest BCUT2D eigenvalue weighted by atomic mass is 10.0. The van der Waals surface area contributed by atoms with Crippen LogP contribution in [0.2, 0.25) is 5.02 Å². The van der Waals surface area contributed by atoms with Crippen molar-refractivity contribution >= 4 is 43.5 Å². The summed E-state index contributed by atoms with van der Waals surface area (Å²) in [4.78, 5) is 0. The zero-order valence-corrected chi connectivity index (χ0v) is 13.8. The van der Waals surface area contributed by atoms with Gasteiger partial charge in [0.25, 0.3) is 0 Å². The highest BCUT2D eigenvalue weighted by molar-refractivity contribution is 9.10. The van der Waals surface area contributed by atoms with Gasteiger partial charge in [0.15, 0.2) is 0 Å². The van der Waals surface area contributed by atoms with Gasteiger partial charge in [0.1, 0.15) is 0 Å². The first-order valence-corrected chi connectivity index (χ1v) is 7.30. The first kappa shape index (κ1) is 14.1. The number of halogens is 3. The van der Waals surface area contributed by atoms with Gasteiger partial charge in [-0.2, -0.15) is 5.10 Å². The number of nitrogens with one attached hydrogen (secondary N) is 1. The minimum Gasteiger partial charge on any atom is -0.308 e. The molecule has 0 fully saturated rings. The number of hydrogen-bond acceptors (Lipinski definition) is 2. The van der Waals surface area contributed by atoms with Crippen LogP contribution >= 0.6 is 43.5 Å². The maximum atomic E-state index is 6.02. The van der Waals surface area contributed by atoms with Crippen LogP contribution in [-0.4, -0.2) is 16.8 Å². The number of hydrogen-bond donors (Lipinski definition) is 1. The summed E-state index contributed by atoms with van der Waals surface area (Å²) < 4.78 is 3.73. The molecule has 2 rings (SSSR count). The van der Waals surface area contributed by atoms with Crippen molar-refractivity contribution in [3.63, 3.8) is 0 Å². The van der Waals surface area contributed by atoms with Crippen molar-refractivity contribution < 1.29 is 0 Å². The molecule has 1 N–H and O–H groups in total. The smallest absolute Gasteiger partial charge is 0.0757 e. The summed E-state index contributed by atoms with van der Waals surface area (Å²) in [6.07, 6.45) is 1.80. The Morgan fingerprint density at radius 3 is 2.56 bits per heavy atom. The number of benzene rings is 1. The summed E-state index contributed by atoms with van der Waals surface area (Å²) in [6, 6.07) is 5.96. The van der Waals surface area contributed by atoms with Gasteiger partial charge in [-0.15, -0.1) is 0 Å². The minimum atomic E-state index is 0.0560. The quantitative estimate of drug-likeness (QED) is 0.857. The summed E-state index contributed by atoms with van der Waals surface area (Å²) in [6.45, 7) is 0. The van der Waals surface area contributed by atoms with E-state index in [-0.39, 0.29) is 6.04 Å². The molecule has 0 radical (unpaired) electrons. The Balaban J connectivity index is 2.48. The van der Waals surface area contributed by atoms with Gasteiger partial charge in [-0.05, 0) is 56.6 Å². The lowest BCUT2D eigenvalue weighted by Crippen LogP contribution is -2.21. The highest BCUT2D eigenvalue weighted by atomic mass is 79.9. The van der Waals surface area contributed by atoms with Crippen LogP contribution in [0.4, 0.5) is 0 Å². The average molecular weight is 394 g/mol. The van der Waals surface area contributed by atoms with Crippen molar-refractivity contribution in [1.82, 2.24) is 15.1 Å². The Labute approximate surface area is 128 Å². The van der Waals surface area contributed by atoms with Crippen LogP contribution in [-0.2, 0) is 7.05 Å². The molecule has 1 atom stereocenters. The molecular formula is C12H12Br2ClN3. The van der Waals surface area contributed by atoms with Gasteiger partial charge in [0.2, 0.25) is 0 Å². The molecular weight excluding hydrogens is 381 g/mol. The molecule has 2 aromatic rings. The van der Waals surface area contributed by atoms with E-state index in [1.54, 1.807) is 6.20 Å². The zero-order valence-electron chi connectivity index (χ0n) is 9.92. The summed E-state index contributed by atoms with van der Waals surface area (Å²) in [5, 5.41) is 8.24. The highest BCUT2D eigenvalue weighted by Crippen LogP contribution is 2.31. The van der Waals surface area contributed by atoms with Crippen molar-refractivity contribution in [2.24, 2.45) is 7.05 Å². The molecule has 0 amide bonds. The molecule has 0 spiro atoms. The molecule has 6 heteroatoms. The van der Waals surface area contributed by atoms with Crippen molar-refractivity contribution in [2.75, 3.05) is 7.05 Å². The molecule has 18 heavy (non-hydrogen) atoms. The van der Waals surface area contributed by atoms with E-state index in [1.165, 1.54) is 0 Å². The second-order valence-corrected chi connectivity index (χ2v) is 6.01. The van der Waals surface area contributed by atoms with E-state index >= 15 is 0 Å². The van der Waals surface area contributed by atoms with Crippen LogP contribution in [0.1, 0.15) is 17.3 Å². The SMILES string of the molecule is CNC(c1ccc(Cl)c(Br)c1)c1c(Br)cnn1C. The topological polar surface area (TPSA) is 29.9 Å². The summed E-state index contributed by atoms with van der Waals surface area (Å²) >= 11 is 13.0. The van der Waals surface area contributed by atoms with Gasteiger partial charge >= 0.3 is 0 Å². The van der Waals surface area contributed by atoms with E-state index in [1.807, 2.05) is 37.0 Å². The predicted molar refractivity (Wildman–Crippen MR) is 81.0 cm³/mol. The van der Waals surface area contributed by atoms with Gasteiger partial charge in [-0.1, -0.05) is 17.7 Å². The molecule has 0 aliphatic heterocycles. The molecule has 0 saturated heterocycles. The monoisotopic (exact) mass is 391 g/mol. The van der Waals surface area contributed by atoms with Gasteiger partial charge in [-0.3, -0.25) is 4.68 Å². The minimum absolute atomic E-state index is 0.0560. The number of nitrogens with zero attached hydrogens (tertiary/aromatic N) is 2. The van der Waals surface area contributed by atoms with Crippen molar-refractivity contribution in [3.05, 3.63) is 49.6 Å². The highest BCUT2D eigenvalue weighted by Gasteiger charge is 2.19. The molecule has 96 valence electrons. The third-order valence-electron chi connectivity index (χ3n) is 2.78. The Bertz CT molecular complexity index is 549. The van der Waals surface area contributed by atoms with E-state index in [4.69, 9.17) is 11.6 Å². The maximum absolute atomic E-state index is 6.02. The Hall–Kier alpha value is -0.360. The van der Waals surface area contributed by atoms with E-state index in [0.717, 1.165) is 20.2 Å². The van der Waals surface area contributed by atoms with Crippen molar-refractivity contribution in [1.29, 1.82) is 0 Å². The maximum Gasteiger partial charge on any atom is 0.0757 e. The van der Waals surface area contributed by atoms with Gasteiger partial charge in [0.05, 0.1) is 27.4 Å². The summed E-state index contributed by atoms with van der Waals surface area (Å²) in [7, 11) is 3.85. The van der Waals surface area contributed by atoms with E-state index in [9.17, 15) is 0 Å². The molecule has 0 aliphatic carbocycles. The third-order valence-corrected chi connectivity index (χ3v) is 4.60. The van der Waals surface area contributed by atoms with Gasteiger partial charge in [-0.25, -0.2) is 0 Å². The van der Waals surface area contributed by atoms with Crippen LogP contribution in [0.3, 0.4) is 0 Å². The zero-order chi connectivity index (χ0) is 13.3. The molecule has 0 bridgehead atoms. The van der Waals surface area contributed by atoms with E-state index < -0.39 is 0 Å². The van der Waals surface area contributed by atoms with Crippen molar-refractivity contribution in [2.45, 2.75) is 6.04 Å². The molecule has 3 nitrogen and oxygen atoms in total. The third kappa shape index (κ3) is 2.64. The normalized spacial score (nSPS) is 12.7. The molecule has 1 aromatic carbocycles. The van der Waals surface area contributed by atoms with Crippen LogP contribution in [0, 0.1) is 0 Å². The predicted octanol–water partition coefficient (Wildman–Crippen LogP) is 3.91. The standard InChI is InChI=1S/C12H12Br2ClN3/c1-16-11(12-9(14)6-17-18(12)2)7-3-4-10(15)8(13)5-7/h3-6,11,16H,1-2H3. The van der Waals surface area contributed by atoms with Crippen LogP contribution in [0.5, 0.6) is 0 Å². The number of aromatic nitrogens is 2. The van der Waals surface area contributed by atoms with Crippen molar-refractivity contribution in [3.8, 4) is 0 Å². The average Bonchev–Trinajstić information content (AvgIpc) is 2.66. The summed E-state index contributed by atoms with van der Waals surface area (Å²) in [5.74, 6) is 0. The second-order valence-electron chi connectivity index (χ2n) is 3.90. The lowest BCUT2D eigenvalue weighted by molar-refractivity contribution is 0.604. The molecule has 1 heterocycles. The van der Waals surface area contributed by atoms with Gasteiger partial charge < -0.3 is 5.32 Å². The molecule has 0 aliphatic rings. The fourth-order valence-corrected chi connectivity index (χ4v) is 2.99. The van der Waals surface area contributed by atoms with Crippen LogP contribution < -0.4 is 5.32 Å². The van der Waals surface area contributed by atoms with Crippen LogP contribution in [0.15, 0.2) is 33.3 Å². The Morgan fingerprint density at radius 1 is 1.33 bits per heavy atom. The number of aryl methyl sites for hydroxylation is 1. The summed E-state index contributed by atoms with van der Waals surface area (Å²) in [5.41, 5.74) is 2.20. The molecule has 0 saturated carbocycles. The van der Waals surface area contributed by atoms with Gasteiger partial charge in [0, 0.05) is 11.5 Å². The fraction of sp³-hybridized carbons (Fsp3) is 0.250. The Kier molecular flexibility index (Phi) is 4.48. The molecule has 1 unspecified atom stereocenters. The first-order chi connectivity index (χ1) is 8.54. The Morgan fingerprint density at radius 2 is 2.06 bits per heavy atom. The fourth-order valence-electron chi connectivity index (χ4n) is 1.90. The number of rotatable bonds is 3. The first-order valence-electron chi connectivity index (χ1n) is 5.34. The lowest BCUT2D eigenvalue weighted by Gasteiger charge is -2.18. The van der Waals surface area contributed by atoms with E-state index in [0.29, 0.717) is 5.02 Å². The van der Waals surface area contributed by atoms with E-state index in [2.05, 4.69) is 42.3 Å². The largest absolute Gasteiger partial charge is 0.308 e. The molecule has 1 aromatic heterocycles. The van der Waals surface area contributed by atoms with Crippen LogP contribution in [0.25, 0.3) is 0 Å². The second kappa shape index (κ2) is 5.74.